The molecule has 3 heteroatoms. The first-order valence-electron chi connectivity index (χ1n) is 6.31. The third-order valence-corrected chi connectivity index (χ3v) is 3.47. The summed E-state index contributed by atoms with van der Waals surface area (Å²) in [6.07, 6.45) is 6.72. The number of carbonyl (C=O) groups is 2. The first-order valence-corrected chi connectivity index (χ1v) is 6.31. The highest BCUT2D eigenvalue weighted by Gasteiger charge is 2.39. The average Bonchev–Trinajstić information content (AvgIpc) is 2.65. The van der Waals surface area contributed by atoms with Gasteiger partial charge in [-0.05, 0) is 12.8 Å². The van der Waals surface area contributed by atoms with E-state index in [9.17, 15) is 9.59 Å². The van der Waals surface area contributed by atoms with Crippen LogP contribution in [0.3, 0.4) is 0 Å². The molecule has 0 aromatic heterocycles. The lowest BCUT2D eigenvalue weighted by atomic mass is 9.90. The van der Waals surface area contributed by atoms with E-state index >= 15 is 0 Å². The van der Waals surface area contributed by atoms with Crippen molar-refractivity contribution in [3.05, 3.63) is 0 Å². The minimum Gasteiger partial charge on any atom is -0.469 e. The van der Waals surface area contributed by atoms with Crippen molar-refractivity contribution in [2.45, 2.75) is 51.9 Å². The summed E-state index contributed by atoms with van der Waals surface area (Å²) in [5.41, 5.74) is 0. The van der Waals surface area contributed by atoms with Crippen LogP contribution in [0, 0.1) is 11.8 Å². The lowest BCUT2D eigenvalue weighted by Crippen LogP contribution is -2.23. The number of esters is 1. The fourth-order valence-corrected chi connectivity index (χ4v) is 2.50. The zero-order valence-corrected chi connectivity index (χ0v) is 10.3. The van der Waals surface area contributed by atoms with E-state index in [1.807, 2.05) is 0 Å². The van der Waals surface area contributed by atoms with Crippen molar-refractivity contribution < 1.29 is 14.3 Å². The van der Waals surface area contributed by atoms with Gasteiger partial charge in [-0.2, -0.15) is 0 Å². The Kier molecular flexibility index (Phi) is 5.50. The molecule has 0 spiro atoms. The third kappa shape index (κ3) is 3.32. The molecule has 1 rings (SSSR count). The molecule has 0 radical (unpaired) electrons. The number of ketones is 1. The maximum absolute atomic E-state index is 11.7. The predicted molar refractivity (Wildman–Crippen MR) is 62.0 cm³/mol. The molecule has 0 N–H and O–H groups in total. The highest BCUT2D eigenvalue weighted by Crippen LogP contribution is 2.33. The second-order valence-electron chi connectivity index (χ2n) is 4.59. The summed E-state index contributed by atoms with van der Waals surface area (Å²) < 4.78 is 4.75. The van der Waals surface area contributed by atoms with Gasteiger partial charge in [-0.15, -0.1) is 0 Å². The van der Waals surface area contributed by atoms with Crippen molar-refractivity contribution in [3.63, 3.8) is 0 Å². The third-order valence-electron chi connectivity index (χ3n) is 3.47. The summed E-state index contributed by atoms with van der Waals surface area (Å²) in [6, 6.07) is 0. The van der Waals surface area contributed by atoms with Crippen LogP contribution in [0.25, 0.3) is 0 Å². The molecule has 2 atom stereocenters. The van der Waals surface area contributed by atoms with E-state index in [0.29, 0.717) is 12.8 Å². The quantitative estimate of drug-likeness (QED) is 0.516. The molecule has 3 nitrogen and oxygen atoms in total. The van der Waals surface area contributed by atoms with Crippen LogP contribution in [0.5, 0.6) is 0 Å². The number of ether oxygens (including phenoxy) is 1. The van der Waals surface area contributed by atoms with Gasteiger partial charge < -0.3 is 4.74 Å². The molecule has 0 amide bonds. The van der Waals surface area contributed by atoms with Gasteiger partial charge in [0.15, 0.2) is 0 Å². The summed E-state index contributed by atoms with van der Waals surface area (Å²) in [5.74, 6) is -0.179. The summed E-state index contributed by atoms with van der Waals surface area (Å²) in [4.78, 5) is 23.1. The highest BCUT2D eigenvalue weighted by molar-refractivity contribution is 5.90. The van der Waals surface area contributed by atoms with Crippen molar-refractivity contribution >= 4 is 11.8 Å². The fourth-order valence-electron chi connectivity index (χ4n) is 2.50. The molecule has 0 heterocycles. The van der Waals surface area contributed by atoms with Crippen LogP contribution in [-0.2, 0) is 14.3 Å². The van der Waals surface area contributed by atoms with Crippen molar-refractivity contribution in [2.24, 2.45) is 11.8 Å². The van der Waals surface area contributed by atoms with Crippen LogP contribution in [-0.4, -0.2) is 18.9 Å². The summed E-state index contributed by atoms with van der Waals surface area (Å²) in [7, 11) is 1.40. The number of carbonyl (C=O) groups excluding carboxylic acids is 2. The Morgan fingerprint density at radius 3 is 2.75 bits per heavy atom. The Bertz CT molecular complexity index is 248. The molecule has 0 saturated heterocycles. The van der Waals surface area contributed by atoms with Crippen LogP contribution in [0.2, 0.25) is 0 Å². The zero-order valence-electron chi connectivity index (χ0n) is 10.3. The minimum atomic E-state index is -0.202. The fraction of sp³-hybridized carbons (Fsp3) is 0.846. The van der Waals surface area contributed by atoms with Crippen molar-refractivity contribution in [1.82, 2.24) is 0 Å². The first-order chi connectivity index (χ1) is 7.70. The predicted octanol–water partition coefficient (Wildman–Crippen LogP) is 2.73. The van der Waals surface area contributed by atoms with E-state index in [1.165, 1.54) is 20.0 Å². The first kappa shape index (κ1) is 13.2. The van der Waals surface area contributed by atoms with Gasteiger partial charge in [0.2, 0.25) is 0 Å². The van der Waals surface area contributed by atoms with Gasteiger partial charge in [0, 0.05) is 12.3 Å². The molecule has 92 valence electrons. The summed E-state index contributed by atoms with van der Waals surface area (Å²) in [6.45, 7) is 2.16. The van der Waals surface area contributed by atoms with Crippen molar-refractivity contribution in [2.75, 3.05) is 7.11 Å². The zero-order chi connectivity index (χ0) is 12.0. The Balaban J connectivity index is 2.41. The Hall–Kier alpha value is -0.860. The SMILES string of the molecule is CCCCCCC1C(=O)CCC1C(=O)OC. The molecule has 0 aromatic rings. The number of methoxy groups -OCH3 is 1. The summed E-state index contributed by atoms with van der Waals surface area (Å²) in [5, 5.41) is 0. The minimum absolute atomic E-state index is 0.0655. The standard InChI is InChI=1S/C13H22O3/c1-3-4-5-6-7-10-11(13(15)16-2)8-9-12(10)14/h10-11H,3-9H2,1-2H3. The van der Waals surface area contributed by atoms with Crippen molar-refractivity contribution in [3.8, 4) is 0 Å². The molecule has 16 heavy (non-hydrogen) atoms. The number of Topliss-reactive ketones (excluding diaryl/α,β-unsaturated/α-hetero) is 1. The highest BCUT2D eigenvalue weighted by atomic mass is 16.5. The second kappa shape index (κ2) is 6.66. The number of unbranched alkanes of at least 4 members (excludes halogenated alkanes) is 3. The van der Waals surface area contributed by atoms with E-state index in [0.717, 1.165) is 19.3 Å². The summed E-state index contributed by atoms with van der Waals surface area (Å²) >= 11 is 0. The lowest BCUT2D eigenvalue weighted by Gasteiger charge is -2.15. The van der Waals surface area contributed by atoms with Gasteiger partial charge in [0.1, 0.15) is 5.78 Å². The van der Waals surface area contributed by atoms with Gasteiger partial charge in [-0.25, -0.2) is 0 Å². The molecular weight excluding hydrogens is 204 g/mol. The van der Waals surface area contributed by atoms with E-state index in [4.69, 9.17) is 4.74 Å². The van der Waals surface area contributed by atoms with Crippen LogP contribution < -0.4 is 0 Å². The largest absolute Gasteiger partial charge is 0.469 e. The Morgan fingerprint density at radius 2 is 2.12 bits per heavy atom. The average molecular weight is 226 g/mol. The monoisotopic (exact) mass is 226 g/mol. The molecule has 1 saturated carbocycles. The van der Waals surface area contributed by atoms with Crippen LogP contribution in [0.4, 0.5) is 0 Å². The topological polar surface area (TPSA) is 43.4 Å². The number of hydrogen-bond acceptors (Lipinski definition) is 3. The van der Waals surface area contributed by atoms with E-state index in [2.05, 4.69) is 6.92 Å². The smallest absolute Gasteiger partial charge is 0.309 e. The van der Waals surface area contributed by atoms with Crippen LogP contribution >= 0.6 is 0 Å². The van der Waals surface area contributed by atoms with Gasteiger partial charge >= 0.3 is 5.97 Å². The molecule has 2 unspecified atom stereocenters. The molecule has 1 fully saturated rings. The maximum Gasteiger partial charge on any atom is 0.309 e. The molecule has 1 aliphatic carbocycles. The van der Waals surface area contributed by atoms with E-state index < -0.39 is 0 Å². The maximum atomic E-state index is 11.7. The van der Waals surface area contributed by atoms with Crippen molar-refractivity contribution in [1.29, 1.82) is 0 Å². The number of hydrogen-bond donors (Lipinski definition) is 0. The Morgan fingerprint density at radius 1 is 1.38 bits per heavy atom. The molecular formula is C13H22O3. The lowest BCUT2D eigenvalue weighted by molar-refractivity contribution is -0.148. The number of rotatable bonds is 6. The molecule has 0 aromatic carbocycles. The molecule has 0 aliphatic heterocycles. The van der Waals surface area contributed by atoms with Crippen LogP contribution in [0.15, 0.2) is 0 Å². The molecule has 1 aliphatic rings. The van der Waals surface area contributed by atoms with Gasteiger partial charge in [0.05, 0.1) is 13.0 Å². The van der Waals surface area contributed by atoms with Gasteiger partial charge in [-0.3, -0.25) is 9.59 Å². The Labute approximate surface area is 97.5 Å². The molecule has 0 bridgehead atoms. The van der Waals surface area contributed by atoms with E-state index in [1.54, 1.807) is 0 Å². The second-order valence-corrected chi connectivity index (χ2v) is 4.59. The normalized spacial score (nSPS) is 24.8. The van der Waals surface area contributed by atoms with Gasteiger partial charge in [-0.1, -0.05) is 32.6 Å². The van der Waals surface area contributed by atoms with E-state index in [-0.39, 0.29) is 23.6 Å². The van der Waals surface area contributed by atoms with Crippen LogP contribution in [0.1, 0.15) is 51.9 Å². The van der Waals surface area contributed by atoms with Gasteiger partial charge in [0.25, 0.3) is 0 Å².